The molecule has 2 heterocycles. The highest BCUT2D eigenvalue weighted by Gasteiger charge is 2.30. The van der Waals surface area contributed by atoms with E-state index in [9.17, 15) is 4.79 Å². The van der Waals surface area contributed by atoms with Crippen LogP contribution in [0.5, 0.6) is 0 Å². The van der Waals surface area contributed by atoms with Crippen molar-refractivity contribution in [2.75, 3.05) is 6.54 Å². The lowest BCUT2D eigenvalue weighted by Crippen LogP contribution is -2.51. The minimum atomic E-state index is 0.0429. The molecule has 0 aromatic carbocycles. The van der Waals surface area contributed by atoms with Gasteiger partial charge in [0.1, 0.15) is 0 Å². The maximum atomic E-state index is 12.4. The van der Waals surface area contributed by atoms with E-state index in [1.165, 1.54) is 6.42 Å². The molecule has 3 nitrogen and oxygen atoms in total. The fourth-order valence-electron chi connectivity index (χ4n) is 2.34. The Morgan fingerprint density at radius 3 is 3.00 bits per heavy atom. The largest absolute Gasteiger partial charge is 0.334 e. The van der Waals surface area contributed by atoms with Crippen molar-refractivity contribution in [2.45, 2.75) is 38.3 Å². The summed E-state index contributed by atoms with van der Waals surface area (Å²) in [7, 11) is 0. The number of hydrogen-bond acceptors (Lipinski definition) is 3. The summed E-state index contributed by atoms with van der Waals surface area (Å²) in [5, 5.41) is 1.90. The van der Waals surface area contributed by atoms with Crippen LogP contribution >= 0.6 is 27.3 Å². The number of carbonyl (C=O) groups excluding carboxylic acids is 1. The number of thiophene rings is 1. The molecule has 1 saturated heterocycles. The Hall–Kier alpha value is -0.390. The fourth-order valence-corrected chi connectivity index (χ4v) is 3.47. The number of hydrogen-bond donors (Lipinski definition) is 1. The molecular formula is C12H17BrN2OS. The van der Waals surface area contributed by atoms with Gasteiger partial charge in [-0.25, -0.2) is 0 Å². The van der Waals surface area contributed by atoms with Crippen LogP contribution in [0, 0.1) is 0 Å². The zero-order chi connectivity index (χ0) is 12.4. The van der Waals surface area contributed by atoms with Gasteiger partial charge >= 0.3 is 0 Å². The Labute approximate surface area is 114 Å². The molecule has 1 amide bonds. The van der Waals surface area contributed by atoms with Gasteiger partial charge in [-0.1, -0.05) is 0 Å². The van der Waals surface area contributed by atoms with Crippen molar-refractivity contribution in [1.82, 2.24) is 4.90 Å². The first kappa shape index (κ1) is 13.1. The van der Waals surface area contributed by atoms with Gasteiger partial charge in [0.05, 0.1) is 9.35 Å². The second-order valence-corrected chi connectivity index (χ2v) is 6.85. The van der Waals surface area contributed by atoms with Gasteiger partial charge in [-0.3, -0.25) is 4.79 Å². The van der Waals surface area contributed by atoms with E-state index in [0.717, 1.165) is 28.7 Å². The summed E-state index contributed by atoms with van der Waals surface area (Å²) >= 11 is 4.94. The normalized spacial score (nSPS) is 22.5. The van der Waals surface area contributed by atoms with Crippen molar-refractivity contribution in [3.05, 3.63) is 20.8 Å². The summed E-state index contributed by atoms with van der Waals surface area (Å²) in [5.41, 5.74) is 6.75. The van der Waals surface area contributed by atoms with Gasteiger partial charge in [0.25, 0.3) is 5.91 Å². The average Bonchev–Trinajstić information content (AvgIpc) is 2.75. The summed E-state index contributed by atoms with van der Waals surface area (Å²) in [6.45, 7) is 2.82. The van der Waals surface area contributed by atoms with Crippen LogP contribution in [0.25, 0.3) is 0 Å². The molecule has 0 aliphatic carbocycles. The van der Waals surface area contributed by atoms with Crippen molar-refractivity contribution >= 4 is 33.2 Å². The Morgan fingerprint density at radius 2 is 2.41 bits per heavy atom. The molecule has 2 N–H and O–H groups in total. The van der Waals surface area contributed by atoms with Gasteiger partial charge in [-0.2, -0.15) is 0 Å². The lowest BCUT2D eigenvalue weighted by Gasteiger charge is -2.37. The van der Waals surface area contributed by atoms with Crippen molar-refractivity contribution in [2.24, 2.45) is 5.73 Å². The van der Waals surface area contributed by atoms with Gasteiger partial charge in [0.2, 0.25) is 0 Å². The van der Waals surface area contributed by atoms with Gasteiger partial charge in [0, 0.05) is 24.0 Å². The Kier molecular flexibility index (Phi) is 4.22. The highest BCUT2D eigenvalue weighted by atomic mass is 79.9. The Balaban J connectivity index is 2.16. The fraction of sp³-hybridized carbons (Fsp3) is 0.583. The van der Waals surface area contributed by atoms with E-state index in [4.69, 9.17) is 5.73 Å². The van der Waals surface area contributed by atoms with Crippen molar-refractivity contribution in [3.63, 3.8) is 0 Å². The number of rotatable bonds is 2. The predicted octanol–water partition coefficient (Wildman–Crippen LogP) is 2.85. The molecule has 0 radical (unpaired) electrons. The van der Waals surface area contributed by atoms with Crippen LogP contribution in [0.1, 0.15) is 36.5 Å². The smallest absolute Gasteiger partial charge is 0.255 e. The molecule has 2 atom stereocenters. The topological polar surface area (TPSA) is 46.3 Å². The molecule has 0 saturated carbocycles. The van der Waals surface area contributed by atoms with Crippen LogP contribution in [0.4, 0.5) is 0 Å². The number of nitrogens with two attached hydrogens (primary N) is 1. The molecule has 1 aromatic rings. The molecule has 94 valence electrons. The van der Waals surface area contributed by atoms with Gasteiger partial charge in [-0.15, -0.1) is 11.3 Å². The second-order valence-electron chi connectivity index (χ2n) is 4.56. The molecule has 5 heteroatoms. The number of likely N-dealkylation sites (tertiary alicyclic amines) is 1. The number of nitrogens with zero attached hydrogens (tertiary/aromatic N) is 1. The minimum Gasteiger partial charge on any atom is -0.334 e. The number of amides is 1. The van der Waals surface area contributed by atoms with Gasteiger partial charge in [-0.05, 0) is 48.2 Å². The average molecular weight is 317 g/mol. The first-order valence-corrected chi connectivity index (χ1v) is 7.57. The molecule has 0 bridgehead atoms. The molecule has 1 aliphatic heterocycles. The van der Waals surface area contributed by atoms with Crippen LogP contribution in [0.15, 0.2) is 15.2 Å². The lowest BCUT2D eigenvalue weighted by atomic mass is 9.96. The van der Waals surface area contributed by atoms with Crippen LogP contribution < -0.4 is 5.73 Å². The van der Waals surface area contributed by atoms with Crippen LogP contribution in [0.3, 0.4) is 0 Å². The number of carbonyl (C=O) groups is 1. The van der Waals surface area contributed by atoms with Gasteiger partial charge in [0.15, 0.2) is 0 Å². The highest BCUT2D eigenvalue weighted by molar-refractivity contribution is 9.11. The second kappa shape index (κ2) is 5.50. The highest BCUT2D eigenvalue weighted by Crippen LogP contribution is 2.25. The van der Waals surface area contributed by atoms with E-state index < -0.39 is 0 Å². The molecule has 2 rings (SSSR count). The zero-order valence-electron chi connectivity index (χ0n) is 9.86. The standard InChI is InChI=1S/C12H17BrN2OS/c1-8(14)10-4-2-3-5-15(10)12(16)9-6-11(13)17-7-9/h6-8,10H,2-5,14H2,1H3/t8-,10-/m0/s1. The Morgan fingerprint density at radius 1 is 1.65 bits per heavy atom. The Bertz CT molecular complexity index is 405. The maximum absolute atomic E-state index is 12.4. The monoisotopic (exact) mass is 316 g/mol. The summed E-state index contributed by atoms with van der Waals surface area (Å²) in [6.07, 6.45) is 3.28. The van der Waals surface area contributed by atoms with E-state index >= 15 is 0 Å². The van der Waals surface area contributed by atoms with Gasteiger partial charge < -0.3 is 10.6 Å². The molecule has 0 unspecified atom stereocenters. The summed E-state index contributed by atoms with van der Waals surface area (Å²) in [5.74, 6) is 0.119. The first-order valence-electron chi connectivity index (χ1n) is 5.90. The lowest BCUT2D eigenvalue weighted by molar-refractivity contribution is 0.0584. The van der Waals surface area contributed by atoms with E-state index in [2.05, 4.69) is 15.9 Å². The molecule has 17 heavy (non-hydrogen) atoms. The number of halogens is 1. The first-order chi connectivity index (χ1) is 8.09. The van der Waals surface area contributed by atoms with Crippen LogP contribution in [-0.2, 0) is 0 Å². The van der Waals surface area contributed by atoms with E-state index in [1.807, 2.05) is 23.3 Å². The van der Waals surface area contributed by atoms with Crippen LogP contribution in [-0.4, -0.2) is 29.4 Å². The van der Waals surface area contributed by atoms with Crippen molar-refractivity contribution in [3.8, 4) is 0 Å². The van der Waals surface area contributed by atoms with E-state index in [1.54, 1.807) is 11.3 Å². The molecule has 1 aliphatic rings. The summed E-state index contributed by atoms with van der Waals surface area (Å²) < 4.78 is 0.996. The SMILES string of the molecule is C[C@H](N)[C@@H]1CCCCN1C(=O)c1csc(Br)c1. The molecule has 1 aromatic heterocycles. The molecular weight excluding hydrogens is 300 g/mol. The number of piperidine rings is 1. The zero-order valence-corrected chi connectivity index (χ0v) is 12.3. The predicted molar refractivity (Wildman–Crippen MR) is 74.3 cm³/mol. The third-order valence-corrected chi connectivity index (χ3v) is 4.74. The quantitative estimate of drug-likeness (QED) is 0.912. The third-order valence-electron chi connectivity index (χ3n) is 3.23. The van der Waals surface area contributed by atoms with E-state index in [0.29, 0.717) is 0 Å². The van der Waals surface area contributed by atoms with E-state index in [-0.39, 0.29) is 18.0 Å². The van der Waals surface area contributed by atoms with Crippen molar-refractivity contribution < 1.29 is 4.79 Å². The maximum Gasteiger partial charge on any atom is 0.255 e. The van der Waals surface area contributed by atoms with Crippen molar-refractivity contribution in [1.29, 1.82) is 0 Å². The summed E-state index contributed by atoms with van der Waals surface area (Å²) in [6, 6.07) is 2.12. The van der Waals surface area contributed by atoms with Crippen LogP contribution in [0.2, 0.25) is 0 Å². The molecule has 0 spiro atoms. The molecule has 1 fully saturated rings. The summed E-state index contributed by atoms with van der Waals surface area (Å²) in [4.78, 5) is 14.3. The third kappa shape index (κ3) is 2.89. The minimum absolute atomic E-state index is 0.0429.